The highest BCUT2D eigenvalue weighted by Crippen LogP contribution is 2.16. The molecule has 8 heteroatoms. The van der Waals surface area contributed by atoms with Gasteiger partial charge in [-0.2, -0.15) is 0 Å². The predicted molar refractivity (Wildman–Crippen MR) is 66.7 cm³/mol. The van der Waals surface area contributed by atoms with E-state index in [1.165, 1.54) is 11.8 Å². The second kappa shape index (κ2) is 6.92. The Morgan fingerprint density at radius 1 is 1.53 bits per heavy atom. The van der Waals surface area contributed by atoms with Crippen LogP contribution in [0.1, 0.15) is 6.92 Å². The molecule has 0 aliphatic carbocycles. The topological polar surface area (TPSA) is 102 Å². The van der Waals surface area contributed by atoms with Gasteiger partial charge in [0, 0.05) is 6.07 Å². The Hall–Kier alpha value is -1.54. The molecule has 0 radical (unpaired) electrons. The van der Waals surface area contributed by atoms with Gasteiger partial charge in [0.15, 0.2) is 5.16 Å². The molecular formula is C9H15N5O2S. The van der Waals surface area contributed by atoms with E-state index in [9.17, 15) is 4.79 Å². The summed E-state index contributed by atoms with van der Waals surface area (Å²) >= 11 is 1.38. The number of aromatic nitrogens is 2. The lowest BCUT2D eigenvalue weighted by molar-refractivity contribution is -0.140. The number of hydrogen-bond acceptors (Lipinski definition) is 8. The molecule has 0 saturated carbocycles. The minimum absolute atomic E-state index is 0.0582. The molecule has 0 fully saturated rings. The van der Waals surface area contributed by atoms with Gasteiger partial charge in [0.1, 0.15) is 18.2 Å². The van der Waals surface area contributed by atoms with E-state index in [1.54, 1.807) is 13.0 Å². The summed E-state index contributed by atoms with van der Waals surface area (Å²) in [5.41, 5.74) is 2.43. The molecule has 1 aromatic rings. The van der Waals surface area contributed by atoms with Gasteiger partial charge in [-0.15, -0.1) is 0 Å². The second-order valence-electron chi connectivity index (χ2n) is 2.93. The smallest absolute Gasteiger partial charge is 0.325 e. The van der Waals surface area contributed by atoms with Crippen molar-refractivity contribution in [2.75, 3.05) is 30.1 Å². The first-order valence-corrected chi connectivity index (χ1v) is 6.21. The van der Waals surface area contributed by atoms with Crippen molar-refractivity contribution in [1.82, 2.24) is 9.97 Å². The number of carbonyl (C=O) groups excluding carboxylic acids is 1. The van der Waals surface area contributed by atoms with Gasteiger partial charge in [-0.3, -0.25) is 4.79 Å². The molecule has 4 N–H and O–H groups in total. The lowest BCUT2D eigenvalue weighted by atomic mass is 10.5. The zero-order valence-corrected chi connectivity index (χ0v) is 10.5. The van der Waals surface area contributed by atoms with E-state index in [2.05, 4.69) is 20.7 Å². The highest BCUT2D eigenvalue weighted by atomic mass is 32.2. The standard InChI is InChI=1S/C9H15N5O2S/c1-3-16-8(15)5-11-6-4-7(14-10)13-9(12-6)17-2/h4H,3,5,10H2,1-2H3,(H2,11,12,13,14). The highest BCUT2D eigenvalue weighted by Gasteiger charge is 2.05. The second-order valence-corrected chi connectivity index (χ2v) is 3.70. The zero-order chi connectivity index (χ0) is 12.7. The molecule has 0 saturated heterocycles. The summed E-state index contributed by atoms with van der Waals surface area (Å²) in [6.45, 7) is 2.17. The van der Waals surface area contributed by atoms with Crippen LogP contribution in [0.2, 0.25) is 0 Å². The van der Waals surface area contributed by atoms with Crippen LogP contribution in [0.25, 0.3) is 0 Å². The number of anilines is 2. The fourth-order valence-corrected chi connectivity index (χ4v) is 1.43. The quantitative estimate of drug-likeness (QED) is 0.222. The molecule has 0 spiro atoms. The minimum Gasteiger partial charge on any atom is -0.465 e. The van der Waals surface area contributed by atoms with E-state index in [0.717, 1.165) is 0 Å². The van der Waals surface area contributed by atoms with Crippen LogP contribution >= 0.6 is 11.8 Å². The first-order chi connectivity index (χ1) is 8.19. The maximum absolute atomic E-state index is 11.2. The summed E-state index contributed by atoms with van der Waals surface area (Å²) in [4.78, 5) is 19.4. The predicted octanol–water partition coefficient (Wildman–Crippen LogP) is 0.459. The van der Waals surface area contributed by atoms with Gasteiger partial charge in [0.05, 0.1) is 6.61 Å². The van der Waals surface area contributed by atoms with Crippen LogP contribution in [0.5, 0.6) is 0 Å². The summed E-state index contributed by atoms with van der Waals surface area (Å²) in [7, 11) is 0. The SMILES string of the molecule is CCOC(=O)CNc1cc(NN)nc(SC)n1. The number of nitrogens with two attached hydrogens (primary N) is 1. The van der Waals surface area contributed by atoms with E-state index in [-0.39, 0.29) is 12.5 Å². The van der Waals surface area contributed by atoms with Crippen molar-refractivity contribution in [2.24, 2.45) is 5.84 Å². The summed E-state index contributed by atoms with van der Waals surface area (Å²) < 4.78 is 4.79. The number of hydrazine groups is 1. The molecule has 0 bridgehead atoms. The molecule has 94 valence electrons. The van der Waals surface area contributed by atoms with Crippen molar-refractivity contribution in [1.29, 1.82) is 0 Å². The van der Waals surface area contributed by atoms with Crippen LogP contribution in [-0.4, -0.2) is 35.3 Å². The number of nitrogens with one attached hydrogen (secondary N) is 2. The Balaban J connectivity index is 2.66. The largest absolute Gasteiger partial charge is 0.465 e. The summed E-state index contributed by atoms with van der Waals surface area (Å²) in [5.74, 6) is 5.94. The first-order valence-electron chi connectivity index (χ1n) is 4.98. The van der Waals surface area contributed by atoms with Crippen LogP contribution in [0.3, 0.4) is 0 Å². The van der Waals surface area contributed by atoms with Crippen LogP contribution in [0.4, 0.5) is 11.6 Å². The molecule has 1 rings (SSSR count). The Kier molecular flexibility index (Phi) is 5.50. The molecule has 0 unspecified atom stereocenters. The van der Waals surface area contributed by atoms with E-state index in [4.69, 9.17) is 10.6 Å². The van der Waals surface area contributed by atoms with Gasteiger partial charge >= 0.3 is 5.97 Å². The maximum Gasteiger partial charge on any atom is 0.325 e. The fourth-order valence-electron chi connectivity index (χ4n) is 1.06. The number of rotatable bonds is 6. The third-order valence-electron chi connectivity index (χ3n) is 1.76. The molecule has 0 aliphatic heterocycles. The number of nitrogen functional groups attached to an aromatic ring is 1. The average Bonchev–Trinajstić information content (AvgIpc) is 2.36. The Labute approximate surface area is 104 Å². The highest BCUT2D eigenvalue weighted by molar-refractivity contribution is 7.98. The van der Waals surface area contributed by atoms with Crippen molar-refractivity contribution >= 4 is 29.4 Å². The van der Waals surface area contributed by atoms with Gasteiger partial charge < -0.3 is 15.5 Å². The van der Waals surface area contributed by atoms with Gasteiger partial charge in [0.25, 0.3) is 0 Å². The molecule has 0 amide bonds. The number of nitrogens with zero attached hydrogens (tertiary/aromatic N) is 2. The monoisotopic (exact) mass is 257 g/mol. The van der Waals surface area contributed by atoms with Crippen LogP contribution < -0.4 is 16.6 Å². The number of carbonyl (C=O) groups is 1. The van der Waals surface area contributed by atoms with Crippen LogP contribution in [-0.2, 0) is 9.53 Å². The summed E-state index contributed by atoms with van der Waals surface area (Å²) in [6, 6.07) is 1.61. The minimum atomic E-state index is -0.334. The number of esters is 1. The van der Waals surface area contributed by atoms with Crippen molar-refractivity contribution in [3.8, 4) is 0 Å². The van der Waals surface area contributed by atoms with Gasteiger partial charge in [-0.05, 0) is 13.2 Å². The van der Waals surface area contributed by atoms with E-state index < -0.39 is 0 Å². The molecule has 1 aromatic heterocycles. The van der Waals surface area contributed by atoms with E-state index >= 15 is 0 Å². The third-order valence-corrected chi connectivity index (χ3v) is 2.30. The maximum atomic E-state index is 11.2. The van der Waals surface area contributed by atoms with Crippen LogP contribution in [0, 0.1) is 0 Å². The van der Waals surface area contributed by atoms with Crippen molar-refractivity contribution in [3.05, 3.63) is 6.07 Å². The molecule has 0 atom stereocenters. The molecule has 0 aliphatic rings. The van der Waals surface area contributed by atoms with Crippen molar-refractivity contribution < 1.29 is 9.53 Å². The Morgan fingerprint density at radius 3 is 2.82 bits per heavy atom. The van der Waals surface area contributed by atoms with E-state index in [0.29, 0.717) is 23.4 Å². The van der Waals surface area contributed by atoms with Crippen molar-refractivity contribution in [2.45, 2.75) is 12.1 Å². The number of ether oxygens (including phenoxy) is 1. The molecule has 0 aromatic carbocycles. The Bertz CT molecular complexity index is 365. The van der Waals surface area contributed by atoms with Crippen molar-refractivity contribution in [3.63, 3.8) is 0 Å². The Morgan fingerprint density at radius 2 is 2.24 bits per heavy atom. The third kappa shape index (κ3) is 4.45. The van der Waals surface area contributed by atoms with Gasteiger partial charge in [-0.1, -0.05) is 11.8 Å². The average molecular weight is 257 g/mol. The lowest BCUT2D eigenvalue weighted by Gasteiger charge is -2.08. The van der Waals surface area contributed by atoms with Gasteiger partial charge in [-0.25, -0.2) is 15.8 Å². The van der Waals surface area contributed by atoms with E-state index in [1.807, 2.05) is 6.26 Å². The lowest BCUT2D eigenvalue weighted by Crippen LogP contribution is -2.18. The molecule has 7 nitrogen and oxygen atoms in total. The first kappa shape index (κ1) is 13.5. The zero-order valence-electron chi connectivity index (χ0n) is 9.69. The van der Waals surface area contributed by atoms with Crippen LogP contribution in [0.15, 0.2) is 11.2 Å². The summed E-state index contributed by atoms with van der Waals surface area (Å²) in [6.07, 6.45) is 1.85. The summed E-state index contributed by atoms with van der Waals surface area (Å²) in [5, 5.41) is 3.41. The molecule has 17 heavy (non-hydrogen) atoms. The number of thioether (sulfide) groups is 1. The van der Waals surface area contributed by atoms with Gasteiger partial charge in [0.2, 0.25) is 0 Å². The normalized spacial score (nSPS) is 9.82. The molecule has 1 heterocycles. The molecular weight excluding hydrogens is 242 g/mol. The fraction of sp³-hybridized carbons (Fsp3) is 0.444. The number of hydrogen-bond donors (Lipinski definition) is 3.